The summed E-state index contributed by atoms with van der Waals surface area (Å²) in [6, 6.07) is 4.89. The molecule has 1 saturated heterocycles. The number of rotatable bonds is 3. The summed E-state index contributed by atoms with van der Waals surface area (Å²) in [5.41, 5.74) is 2.06. The van der Waals surface area contributed by atoms with Gasteiger partial charge in [-0.1, -0.05) is 0 Å². The molecule has 106 valence electrons. The largest absolute Gasteiger partial charge is 0.494 e. The molecule has 5 heteroatoms. The van der Waals surface area contributed by atoms with E-state index in [2.05, 4.69) is 10.3 Å². The van der Waals surface area contributed by atoms with Gasteiger partial charge in [-0.25, -0.2) is 9.37 Å². The summed E-state index contributed by atoms with van der Waals surface area (Å²) in [5.74, 6) is 0.405. The average Bonchev–Trinajstić information content (AvgIpc) is 2.98. The van der Waals surface area contributed by atoms with Gasteiger partial charge in [0, 0.05) is 23.9 Å². The molecule has 0 spiro atoms. The predicted molar refractivity (Wildman–Crippen MR) is 74.9 cm³/mol. The van der Waals surface area contributed by atoms with Gasteiger partial charge in [-0.05, 0) is 38.1 Å². The van der Waals surface area contributed by atoms with Gasteiger partial charge in [0.05, 0.1) is 19.1 Å². The molecule has 1 aromatic heterocycles. The van der Waals surface area contributed by atoms with Crippen LogP contribution >= 0.6 is 0 Å². The number of hydrogen-bond acceptors (Lipinski definition) is 3. The van der Waals surface area contributed by atoms with Crippen molar-refractivity contribution in [2.24, 2.45) is 0 Å². The lowest BCUT2D eigenvalue weighted by atomic mass is 9.95. The van der Waals surface area contributed by atoms with Gasteiger partial charge in [0.25, 0.3) is 0 Å². The second-order valence-electron chi connectivity index (χ2n) is 5.03. The van der Waals surface area contributed by atoms with E-state index in [-0.39, 0.29) is 11.6 Å². The number of piperidine rings is 1. The van der Waals surface area contributed by atoms with Crippen LogP contribution in [0.3, 0.4) is 0 Å². The lowest BCUT2D eigenvalue weighted by molar-refractivity contribution is 0.386. The van der Waals surface area contributed by atoms with E-state index < -0.39 is 0 Å². The van der Waals surface area contributed by atoms with Crippen molar-refractivity contribution < 1.29 is 9.13 Å². The van der Waals surface area contributed by atoms with Gasteiger partial charge in [0.15, 0.2) is 11.6 Å². The molecule has 1 aliphatic rings. The minimum absolute atomic E-state index is 0.257. The lowest BCUT2D eigenvalue weighted by Gasteiger charge is -2.23. The molecule has 0 bridgehead atoms. The Morgan fingerprint density at radius 3 is 2.90 bits per heavy atom. The Kier molecular flexibility index (Phi) is 3.69. The Morgan fingerprint density at radius 1 is 1.35 bits per heavy atom. The summed E-state index contributed by atoms with van der Waals surface area (Å²) in [4.78, 5) is 4.26. The minimum atomic E-state index is -0.347. The number of hydrogen-bond donors (Lipinski definition) is 1. The van der Waals surface area contributed by atoms with Crippen LogP contribution in [0.2, 0.25) is 0 Å². The fourth-order valence-electron chi connectivity index (χ4n) is 2.74. The molecule has 0 unspecified atom stereocenters. The number of ether oxygens (including phenoxy) is 1. The summed E-state index contributed by atoms with van der Waals surface area (Å²) in [7, 11) is 1.48. The van der Waals surface area contributed by atoms with Gasteiger partial charge in [0.2, 0.25) is 0 Å². The monoisotopic (exact) mass is 275 g/mol. The number of benzene rings is 1. The maximum atomic E-state index is 13.5. The number of methoxy groups -OCH3 is 1. The molecule has 1 aromatic carbocycles. The fraction of sp³-hybridized carbons (Fsp3) is 0.400. The first kappa shape index (κ1) is 13.1. The van der Waals surface area contributed by atoms with Crippen molar-refractivity contribution in [1.29, 1.82) is 0 Å². The summed E-state index contributed by atoms with van der Waals surface area (Å²) < 4.78 is 20.6. The second kappa shape index (κ2) is 5.63. The molecule has 0 radical (unpaired) electrons. The Bertz CT molecular complexity index is 591. The molecule has 1 aliphatic heterocycles. The molecule has 4 nitrogen and oxygen atoms in total. The van der Waals surface area contributed by atoms with Crippen molar-refractivity contribution in [2.75, 3.05) is 20.2 Å². The molecule has 0 aliphatic carbocycles. The summed E-state index contributed by atoms with van der Waals surface area (Å²) in [6.45, 7) is 2.06. The van der Waals surface area contributed by atoms with Crippen molar-refractivity contribution in [3.63, 3.8) is 0 Å². The lowest BCUT2D eigenvalue weighted by Crippen LogP contribution is -2.27. The van der Waals surface area contributed by atoms with Gasteiger partial charge in [-0.3, -0.25) is 0 Å². The number of imidazole rings is 1. The van der Waals surface area contributed by atoms with Crippen LogP contribution in [0.1, 0.15) is 24.5 Å². The fourth-order valence-corrected chi connectivity index (χ4v) is 2.74. The molecule has 2 heterocycles. The van der Waals surface area contributed by atoms with Gasteiger partial charge in [0.1, 0.15) is 0 Å². The van der Waals surface area contributed by atoms with Crippen molar-refractivity contribution >= 4 is 0 Å². The maximum absolute atomic E-state index is 13.5. The zero-order valence-electron chi connectivity index (χ0n) is 11.5. The highest BCUT2D eigenvalue weighted by atomic mass is 19.1. The first-order chi connectivity index (χ1) is 9.79. The summed E-state index contributed by atoms with van der Waals surface area (Å²) in [5, 5.41) is 3.36. The van der Waals surface area contributed by atoms with Gasteiger partial charge in [-0.2, -0.15) is 0 Å². The minimum Gasteiger partial charge on any atom is -0.494 e. The average molecular weight is 275 g/mol. The molecular formula is C15H18FN3O. The van der Waals surface area contributed by atoms with Crippen LogP contribution in [0.25, 0.3) is 5.69 Å². The molecule has 20 heavy (non-hydrogen) atoms. The highest BCUT2D eigenvalue weighted by molar-refractivity contribution is 5.41. The SMILES string of the molecule is COc1cc(-n2cncc2C2CCNCC2)ccc1F. The number of aromatic nitrogens is 2. The Balaban J connectivity index is 1.96. The smallest absolute Gasteiger partial charge is 0.165 e. The number of nitrogens with zero attached hydrogens (tertiary/aromatic N) is 2. The third-order valence-corrected chi connectivity index (χ3v) is 3.84. The van der Waals surface area contributed by atoms with Crippen LogP contribution in [0, 0.1) is 5.82 Å². The van der Waals surface area contributed by atoms with Gasteiger partial charge >= 0.3 is 0 Å². The Morgan fingerprint density at radius 2 is 2.15 bits per heavy atom. The molecule has 1 N–H and O–H groups in total. The van der Waals surface area contributed by atoms with E-state index in [9.17, 15) is 4.39 Å². The van der Waals surface area contributed by atoms with E-state index in [4.69, 9.17) is 4.74 Å². The van der Waals surface area contributed by atoms with Gasteiger partial charge in [-0.15, -0.1) is 0 Å². The van der Waals surface area contributed by atoms with Crippen LogP contribution in [0.5, 0.6) is 5.75 Å². The van der Waals surface area contributed by atoms with Crippen LogP contribution in [0.15, 0.2) is 30.7 Å². The molecule has 0 amide bonds. The van der Waals surface area contributed by atoms with E-state index in [1.165, 1.54) is 18.9 Å². The predicted octanol–water partition coefficient (Wildman–Crippen LogP) is 2.49. The topological polar surface area (TPSA) is 39.1 Å². The zero-order valence-corrected chi connectivity index (χ0v) is 11.5. The summed E-state index contributed by atoms with van der Waals surface area (Å²) in [6.07, 6.45) is 5.89. The van der Waals surface area contributed by atoms with E-state index in [1.54, 1.807) is 18.5 Å². The van der Waals surface area contributed by atoms with Crippen LogP contribution in [-0.4, -0.2) is 29.8 Å². The third-order valence-electron chi connectivity index (χ3n) is 3.84. The molecule has 1 fully saturated rings. The van der Waals surface area contributed by atoms with Crippen molar-refractivity contribution in [3.8, 4) is 11.4 Å². The zero-order chi connectivity index (χ0) is 13.9. The van der Waals surface area contributed by atoms with Crippen molar-refractivity contribution in [1.82, 2.24) is 14.9 Å². The molecule has 0 saturated carbocycles. The summed E-state index contributed by atoms with van der Waals surface area (Å²) >= 11 is 0. The number of halogens is 1. The third kappa shape index (κ3) is 2.41. The Hall–Kier alpha value is -1.88. The van der Waals surface area contributed by atoms with E-state index in [0.717, 1.165) is 31.6 Å². The van der Waals surface area contributed by atoms with E-state index in [0.29, 0.717) is 5.92 Å². The standard InChI is InChI=1S/C15H18FN3O/c1-20-15-8-12(2-3-13(15)16)19-10-18-9-14(19)11-4-6-17-7-5-11/h2-3,8-11,17H,4-7H2,1H3. The van der Waals surface area contributed by atoms with Gasteiger partial charge < -0.3 is 14.6 Å². The van der Waals surface area contributed by atoms with Crippen LogP contribution in [-0.2, 0) is 0 Å². The highest BCUT2D eigenvalue weighted by Gasteiger charge is 2.19. The first-order valence-electron chi connectivity index (χ1n) is 6.86. The Labute approximate surface area is 117 Å². The molecule has 2 aromatic rings. The second-order valence-corrected chi connectivity index (χ2v) is 5.03. The van der Waals surface area contributed by atoms with E-state index >= 15 is 0 Å². The quantitative estimate of drug-likeness (QED) is 0.935. The van der Waals surface area contributed by atoms with E-state index in [1.807, 2.05) is 10.8 Å². The van der Waals surface area contributed by atoms with Crippen molar-refractivity contribution in [2.45, 2.75) is 18.8 Å². The first-order valence-corrected chi connectivity index (χ1v) is 6.86. The molecule has 0 atom stereocenters. The van der Waals surface area contributed by atoms with Crippen molar-refractivity contribution in [3.05, 3.63) is 42.2 Å². The maximum Gasteiger partial charge on any atom is 0.165 e. The normalized spacial score (nSPS) is 16.3. The molecular weight excluding hydrogens is 257 g/mol. The van der Waals surface area contributed by atoms with Crippen LogP contribution < -0.4 is 10.1 Å². The molecule has 3 rings (SSSR count). The number of nitrogens with one attached hydrogen (secondary N) is 1. The van der Waals surface area contributed by atoms with Crippen LogP contribution in [0.4, 0.5) is 4.39 Å². The highest BCUT2D eigenvalue weighted by Crippen LogP contribution is 2.28.